The number of imide groups is 1. The minimum atomic E-state index is -0.873. The summed E-state index contributed by atoms with van der Waals surface area (Å²) in [5.74, 6) is -1.20. The molecule has 0 bridgehead atoms. The Morgan fingerprint density at radius 1 is 0.727 bits per heavy atom. The fraction of sp³-hybridized carbons (Fsp3) is 0.143. The number of para-hydroxylation sites is 1. The summed E-state index contributed by atoms with van der Waals surface area (Å²) < 4.78 is 0. The van der Waals surface area contributed by atoms with Crippen molar-refractivity contribution in [3.8, 4) is 0 Å². The first-order valence-corrected chi connectivity index (χ1v) is 11.1. The highest BCUT2D eigenvalue weighted by atomic mass is 16.7. The molecule has 2 aliphatic heterocycles. The van der Waals surface area contributed by atoms with Gasteiger partial charge in [0.15, 0.2) is 6.10 Å². The molecule has 0 radical (unpaired) electrons. The van der Waals surface area contributed by atoms with Gasteiger partial charge in [-0.3, -0.25) is 14.4 Å². The molecule has 4 aromatic rings. The van der Waals surface area contributed by atoms with E-state index in [4.69, 9.17) is 4.84 Å². The molecular weight excluding hydrogens is 412 g/mol. The standard InChI is InChI=1S/C28H22N2O3/c1-18-9-7-14-21(17-18)29-27(31)24-25(23-16-8-11-19-10-5-6-15-22(19)23)30(33-26(24)28(29)32)20-12-3-2-4-13-20/h2-17,24-26H,1H3/t24-,25+,26+/m0/s1. The highest BCUT2D eigenvalue weighted by Crippen LogP contribution is 2.48. The van der Waals surface area contributed by atoms with Gasteiger partial charge >= 0.3 is 0 Å². The van der Waals surface area contributed by atoms with Crippen molar-refractivity contribution in [3.05, 3.63) is 108 Å². The molecule has 0 aromatic heterocycles. The zero-order chi connectivity index (χ0) is 22.5. The minimum absolute atomic E-state index is 0.230. The van der Waals surface area contributed by atoms with Gasteiger partial charge in [0.2, 0.25) is 5.91 Å². The van der Waals surface area contributed by atoms with Gasteiger partial charge in [-0.15, -0.1) is 0 Å². The van der Waals surface area contributed by atoms with Crippen LogP contribution in [0.25, 0.3) is 10.8 Å². The predicted molar refractivity (Wildman–Crippen MR) is 128 cm³/mol. The molecular formula is C28H22N2O3. The molecule has 2 aliphatic rings. The summed E-state index contributed by atoms with van der Waals surface area (Å²) in [6, 6.07) is 30.9. The van der Waals surface area contributed by atoms with E-state index in [-0.39, 0.29) is 11.8 Å². The Hall–Kier alpha value is -3.96. The van der Waals surface area contributed by atoms with Crippen molar-refractivity contribution in [2.75, 3.05) is 9.96 Å². The third-order valence-electron chi connectivity index (χ3n) is 6.53. The molecule has 4 aromatic carbocycles. The quantitative estimate of drug-likeness (QED) is 0.416. The van der Waals surface area contributed by atoms with Crippen LogP contribution in [0.3, 0.4) is 0 Å². The van der Waals surface area contributed by atoms with Crippen molar-refractivity contribution >= 4 is 34.0 Å². The summed E-state index contributed by atoms with van der Waals surface area (Å²) in [6.07, 6.45) is -0.873. The molecule has 2 heterocycles. The van der Waals surface area contributed by atoms with Crippen LogP contribution < -0.4 is 9.96 Å². The van der Waals surface area contributed by atoms with E-state index < -0.39 is 18.1 Å². The van der Waals surface area contributed by atoms with Crippen molar-refractivity contribution in [2.45, 2.75) is 19.1 Å². The largest absolute Gasteiger partial charge is 0.273 e. The Bertz CT molecular complexity index is 1380. The molecule has 5 nitrogen and oxygen atoms in total. The second kappa shape index (κ2) is 7.57. The SMILES string of the molecule is Cc1cccc(N2C(=O)[C@H]3[C@@H](c4cccc5ccccc45)N(c4ccccc4)O[C@H]3C2=O)c1. The van der Waals surface area contributed by atoms with E-state index in [1.54, 1.807) is 11.1 Å². The first-order valence-electron chi connectivity index (χ1n) is 11.1. The van der Waals surface area contributed by atoms with Crippen molar-refractivity contribution in [1.29, 1.82) is 0 Å². The van der Waals surface area contributed by atoms with Gasteiger partial charge in [-0.25, -0.2) is 9.96 Å². The van der Waals surface area contributed by atoms with E-state index in [0.717, 1.165) is 27.6 Å². The number of hydroxylamine groups is 1. The van der Waals surface area contributed by atoms with Crippen LogP contribution >= 0.6 is 0 Å². The normalized spacial score (nSPS) is 22.3. The van der Waals surface area contributed by atoms with Crippen LogP contribution in [-0.4, -0.2) is 17.9 Å². The molecule has 6 rings (SSSR count). The predicted octanol–water partition coefficient (Wildman–Crippen LogP) is 5.20. The second-order valence-electron chi connectivity index (χ2n) is 8.58. The van der Waals surface area contributed by atoms with E-state index in [0.29, 0.717) is 5.69 Å². The maximum Gasteiger partial charge on any atom is 0.266 e. The molecule has 2 amide bonds. The number of aryl methyl sites for hydroxylation is 1. The average Bonchev–Trinajstić information content (AvgIpc) is 3.35. The Labute approximate surface area is 191 Å². The van der Waals surface area contributed by atoms with Crippen LogP contribution in [-0.2, 0) is 14.4 Å². The number of benzene rings is 4. The van der Waals surface area contributed by atoms with Crippen LogP contribution in [0.1, 0.15) is 17.2 Å². The van der Waals surface area contributed by atoms with Crippen molar-refractivity contribution < 1.29 is 14.4 Å². The zero-order valence-corrected chi connectivity index (χ0v) is 18.1. The van der Waals surface area contributed by atoms with Crippen LogP contribution in [0.4, 0.5) is 11.4 Å². The summed E-state index contributed by atoms with van der Waals surface area (Å²) in [6.45, 7) is 1.95. The lowest BCUT2D eigenvalue weighted by Gasteiger charge is -2.29. The Kier molecular flexibility index (Phi) is 4.52. The van der Waals surface area contributed by atoms with E-state index in [9.17, 15) is 9.59 Å². The fourth-order valence-corrected chi connectivity index (χ4v) is 5.06. The van der Waals surface area contributed by atoms with Gasteiger partial charge in [0.05, 0.1) is 17.4 Å². The molecule has 162 valence electrons. The summed E-state index contributed by atoms with van der Waals surface area (Å²) in [4.78, 5) is 34.9. The van der Waals surface area contributed by atoms with Gasteiger partial charge in [0.1, 0.15) is 5.92 Å². The van der Waals surface area contributed by atoms with Crippen LogP contribution in [0, 0.1) is 12.8 Å². The molecule has 2 saturated heterocycles. The van der Waals surface area contributed by atoms with Gasteiger partial charge in [-0.1, -0.05) is 72.8 Å². The van der Waals surface area contributed by atoms with E-state index in [2.05, 4.69) is 18.2 Å². The number of anilines is 2. The maximum atomic E-state index is 13.8. The van der Waals surface area contributed by atoms with Gasteiger partial charge in [-0.05, 0) is 53.1 Å². The van der Waals surface area contributed by atoms with E-state index >= 15 is 0 Å². The van der Waals surface area contributed by atoms with Crippen molar-refractivity contribution in [3.63, 3.8) is 0 Å². The highest BCUT2D eigenvalue weighted by molar-refractivity contribution is 6.24. The van der Waals surface area contributed by atoms with Crippen molar-refractivity contribution in [1.82, 2.24) is 0 Å². The minimum Gasteiger partial charge on any atom is -0.273 e. The number of nitrogens with zero attached hydrogens (tertiary/aromatic N) is 2. The lowest BCUT2D eigenvalue weighted by Crippen LogP contribution is -2.37. The van der Waals surface area contributed by atoms with Crippen molar-refractivity contribution in [2.24, 2.45) is 5.92 Å². The molecule has 5 heteroatoms. The third-order valence-corrected chi connectivity index (χ3v) is 6.53. The Morgan fingerprint density at radius 2 is 1.42 bits per heavy atom. The lowest BCUT2D eigenvalue weighted by atomic mass is 9.87. The molecule has 0 N–H and O–H groups in total. The summed E-state index contributed by atoms with van der Waals surface area (Å²) >= 11 is 0. The summed E-state index contributed by atoms with van der Waals surface area (Å²) in [5.41, 5.74) is 3.36. The molecule has 0 spiro atoms. The third kappa shape index (κ3) is 3.04. The topological polar surface area (TPSA) is 49.9 Å². The average molecular weight is 434 g/mol. The number of rotatable bonds is 3. The van der Waals surface area contributed by atoms with Crippen LogP contribution in [0.2, 0.25) is 0 Å². The number of fused-ring (bicyclic) bond motifs is 2. The second-order valence-corrected chi connectivity index (χ2v) is 8.58. The summed E-state index contributed by atoms with van der Waals surface area (Å²) in [5, 5.41) is 3.88. The van der Waals surface area contributed by atoms with Gasteiger partial charge in [-0.2, -0.15) is 0 Å². The van der Waals surface area contributed by atoms with E-state index in [1.807, 2.05) is 79.7 Å². The van der Waals surface area contributed by atoms with Gasteiger partial charge in [0, 0.05) is 0 Å². The monoisotopic (exact) mass is 434 g/mol. The van der Waals surface area contributed by atoms with Crippen LogP contribution in [0.15, 0.2) is 97.1 Å². The molecule has 0 aliphatic carbocycles. The van der Waals surface area contributed by atoms with Gasteiger partial charge < -0.3 is 0 Å². The number of amides is 2. The summed E-state index contributed by atoms with van der Waals surface area (Å²) in [7, 11) is 0. The smallest absolute Gasteiger partial charge is 0.266 e. The number of hydrogen-bond acceptors (Lipinski definition) is 4. The fourth-order valence-electron chi connectivity index (χ4n) is 5.06. The first-order chi connectivity index (χ1) is 16.1. The van der Waals surface area contributed by atoms with E-state index in [1.165, 1.54) is 4.90 Å². The number of carbonyl (C=O) groups is 2. The highest BCUT2D eigenvalue weighted by Gasteiger charge is 2.60. The molecule has 2 fully saturated rings. The number of hydrogen-bond donors (Lipinski definition) is 0. The Morgan fingerprint density at radius 3 is 2.24 bits per heavy atom. The maximum absolute atomic E-state index is 13.8. The molecule has 3 atom stereocenters. The van der Waals surface area contributed by atoms with Crippen LogP contribution in [0.5, 0.6) is 0 Å². The number of carbonyl (C=O) groups excluding carboxylic acids is 2. The van der Waals surface area contributed by atoms with Gasteiger partial charge in [0.25, 0.3) is 5.91 Å². The zero-order valence-electron chi connectivity index (χ0n) is 18.1. The molecule has 33 heavy (non-hydrogen) atoms. The molecule has 0 unspecified atom stereocenters. The first kappa shape index (κ1) is 19.7. The Balaban J connectivity index is 1.51. The lowest BCUT2D eigenvalue weighted by molar-refractivity contribution is -0.126. The molecule has 0 saturated carbocycles.